The van der Waals surface area contributed by atoms with Gasteiger partial charge in [0.2, 0.25) is 5.91 Å². The van der Waals surface area contributed by atoms with Gasteiger partial charge in [-0.3, -0.25) is 9.79 Å². The maximum Gasteiger partial charge on any atom is 0.226 e. The van der Waals surface area contributed by atoms with E-state index in [4.69, 9.17) is 9.73 Å². The van der Waals surface area contributed by atoms with E-state index in [0.717, 1.165) is 23.1 Å². The van der Waals surface area contributed by atoms with Crippen LogP contribution in [0.2, 0.25) is 0 Å². The van der Waals surface area contributed by atoms with Crippen molar-refractivity contribution in [2.24, 2.45) is 10.9 Å². The lowest BCUT2D eigenvalue weighted by molar-refractivity contribution is -0.137. The molecule has 2 aromatic rings. The topological polar surface area (TPSA) is 123 Å². The Kier molecular flexibility index (Phi) is 4.52. The molecule has 7 rings (SSSR count). The maximum absolute atomic E-state index is 13.6. The molecule has 4 aliphatic carbocycles. The van der Waals surface area contributed by atoms with E-state index < -0.39 is 22.7 Å². The normalized spacial score (nSPS) is 36.7. The van der Waals surface area contributed by atoms with Crippen molar-refractivity contribution in [2.75, 3.05) is 13.6 Å². The number of carbonyl (C=O) groups is 1. The van der Waals surface area contributed by atoms with Gasteiger partial charge in [0.1, 0.15) is 22.9 Å². The SMILES string of the molecule is Cc1ccc(O)c2c1[C@]13/C(=N\CC4(O)CC4)C1(O)CCC(N(C)C(=O)C1CC1c1ccc(O)cc1)[C@@H]3O2. The number of carbonyl (C=O) groups excluding carboxylic acids is 1. The van der Waals surface area contributed by atoms with Crippen molar-refractivity contribution in [2.45, 2.75) is 73.7 Å². The number of nitrogens with zero attached hydrogens (tertiary/aromatic N) is 2. The van der Waals surface area contributed by atoms with E-state index >= 15 is 0 Å². The Labute approximate surface area is 215 Å². The molecular weight excluding hydrogens is 472 g/mol. The van der Waals surface area contributed by atoms with Gasteiger partial charge >= 0.3 is 0 Å². The van der Waals surface area contributed by atoms with Crippen molar-refractivity contribution < 1.29 is 30.0 Å². The highest BCUT2D eigenvalue weighted by Gasteiger charge is 2.85. The van der Waals surface area contributed by atoms with Gasteiger partial charge in [0, 0.05) is 18.5 Å². The molecule has 6 atom stereocenters. The van der Waals surface area contributed by atoms with E-state index in [0.29, 0.717) is 37.1 Å². The molecule has 1 spiro atoms. The van der Waals surface area contributed by atoms with Crippen LogP contribution in [0.25, 0.3) is 0 Å². The zero-order valence-corrected chi connectivity index (χ0v) is 21.0. The van der Waals surface area contributed by atoms with Gasteiger partial charge in [-0.15, -0.1) is 0 Å². The highest BCUT2D eigenvalue weighted by atomic mass is 16.5. The summed E-state index contributed by atoms with van der Waals surface area (Å²) in [7, 11) is 1.81. The third-order valence-corrected chi connectivity index (χ3v) is 9.55. The number of fused-ring (bicyclic) bond motifs is 1. The number of ether oxygens (including phenoxy) is 1. The standard InChI is InChI=1S/C29H32N2O6/c1-15-3-8-21(33)23-22(15)29-24(37-23)20(9-10-28(29,36)26(29)30-14-27(35)11-12-27)31(2)25(34)19-13-18(19)16-4-6-17(32)7-5-16/h3-8,18-20,24,32-33,35-36H,9-14H2,1-2H3/b30-26-/t18?,19?,20?,24-,28?,29-/m0/s1. The predicted octanol–water partition coefficient (Wildman–Crippen LogP) is 2.54. The van der Waals surface area contributed by atoms with Crippen LogP contribution in [0.15, 0.2) is 41.4 Å². The van der Waals surface area contributed by atoms with E-state index in [1.165, 1.54) is 0 Å². The van der Waals surface area contributed by atoms with Crippen LogP contribution >= 0.6 is 0 Å². The Morgan fingerprint density at radius 1 is 1.11 bits per heavy atom. The smallest absolute Gasteiger partial charge is 0.226 e. The second kappa shape index (κ2) is 7.26. The predicted molar refractivity (Wildman–Crippen MR) is 135 cm³/mol. The molecule has 1 amide bonds. The van der Waals surface area contributed by atoms with E-state index in [-0.39, 0.29) is 41.8 Å². The highest BCUT2D eigenvalue weighted by Crippen LogP contribution is 2.70. The number of amides is 1. The lowest BCUT2D eigenvalue weighted by Crippen LogP contribution is -2.55. The van der Waals surface area contributed by atoms with Crippen LogP contribution < -0.4 is 4.74 Å². The zero-order chi connectivity index (χ0) is 25.9. The van der Waals surface area contributed by atoms with Crippen molar-refractivity contribution in [1.82, 2.24) is 4.90 Å². The zero-order valence-electron chi connectivity index (χ0n) is 21.0. The molecular formula is C29H32N2O6. The molecule has 4 fully saturated rings. The molecule has 4 unspecified atom stereocenters. The number of hydrogen-bond acceptors (Lipinski definition) is 7. The Hall–Kier alpha value is -3.10. The minimum absolute atomic E-state index is 0.0149. The maximum atomic E-state index is 13.6. The summed E-state index contributed by atoms with van der Waals surface area (Å²) in [5, 5.41) is 42.7. The molecule has 1 aliphatic heterocycles. The summed E-state index contributed by atoms with van der Waals surface area (Å²) < 4.78 is 6.44. The molecule has 1 heterocycles. The fraction of sp³-hybridized carbons (Fsp3) is 0.517. The van der Waals surface area contributed by atoms with Gasteiger partial charge in [-0.1, -0.05) is 18.2 Å². The molecule has 0 saturated heterocycles. The Morgan fingerprint density at radius 2 is 1.84 bits per heavy atom. The first-order chi connectivity index (χ1) is 17.6. The summed E-state index contributed by atoms with van der Waals surface area (Å²) in [6.07, 6.45) is 2.54. The summed E-state index contributed by atoms with van der Waals surface area (Å²) in [5.41, 5.74) is 0.343. The summed E-state index contributed by atoms with van der Waals surface area (Å²) in [6, 6.07) is 10.1. The number of phenolic OH excluding ortho intramolecular Hbond substituents is 2. The Balaban J connectivity index is 1.22. The van der Waals surface area contributed by atoms with Crippen molar-refractivity contribution in [3.8, 4) is 17.2 Å². The van der Waals surface area contributed by atoms with Crippen molar-refractivity contribution >= 4 is 11.6 Å². The average molecular weight is 505 g/mol. The third-order valence-electron chi connectivity index (χ3n) is 9.55. The minimum atomic E-state index is -1.22. The number of hydrogen-bond donors (Lipinski definition) is 4. The number of rotatable bonds is 5. The van der Waals surface area contributed by atoms with E-state index in [9.17, 15) is 25.2 Å². The molecule has 0 aromatic heterocycles. The lowest BCUT2D eigenvalue weighted by atomic mass is 9.75. The van der Waals surface area contributed by atoms with E-state index in [1.54, 1.807) is 23.1 Å². The summed E-state index contributed by atoms with van der Waals surface area (Å²) >= 11 is 0. The quantitative estimate of drug-likeness (QED) is 0.496. The molecule has 4 saturated carbocycles. The number of likely N-dealkylation sites (N-methyl/N-ethyl adjacent to an activating group) is 1. The molecule has 0 bridgehead atoms. The van der Waals surface area contributed by atoms with Crippen LogP contribution in [0.1, 0.15) is 54.7 Å². The van der Waals surface area contributed by atoms with Crippen LogP contribution in [-0.2, 0) is 10.2 Å². The number of aliphatic imine (C=N–C) groups is 1. The van der Waals surface area contributed by atoms with Crippen LogP contribution in [0, 0.1) is 12.8 Å². The van der Waals surface area contributed by atoms with Gasteiger partial charge < -0.3 is 30.1 Å². The first kappa shape index (κ1) is 23.0. The molecule has 8 heteroatoms. The molecule has 0 radical (unpaired) electrons. The van der Waals surface area contributed by atoms with Crippen molar-refractivity contribution in [3.05, 3.63) is 53.1 Å². The summed E-state index contributed by atoms with van der Waals surface area (Å²) in [6.45, 7) is 2.18. The van der Waals surface area contributed by atoms with Gasteiger partial charge in [-0.25, -0.2) is 0 Å². The lowest BCUT2D eigenvalue weighted by Gasteiger charge is -2.39. The van der Waals surface area contributed by atoms with Crippen LogP contribution in [0.3, 0.4) is 0 Å². The van der Waals surface area contributed by atoms with Crippen LogP contribution in [-0.4, -0.2) is 73.9 Å². The van der Waals surface area contributed by atoms with Gasteiger partial charge in [0.25, 0.3) is 0 Å². The number of benzene rings is 2. The minimum Gasteiger partial charge on any atom is -0.508 e. The summed E-state index contributed by atoms with van der Waals surface area (Å²) in [5.74, 6) is 0.602. The number of aryl methyl sites for hydroxylation is 1. The van der Waals surface area contributed by atoms with Gasteiger partial charge in [-0.05, 0) is 74.3 Å². The van der Waals surface area contributed by atoms with E-state index in [1.807, 2.05) is 32.2 Å². The van der Waals surface area contributed by atoms with Crippen molar-refractivity contribution in [1.29, 1.82) is 0 Å². The fourth-order valence-electron chi connectivity index (χ4n) is 7.13. The first-order valence-corrected chi connectivity index (χ1v) is 13.2. The number of aliphatic hydroxyl groups is 2. The van der Waals surface area contributed by atoms with Gasteiger partial charge in [0.05, 0.1) is 23.9 Å². The van der Waals surface area contributed by atoms with Crippen molar-refractivity contribution in [3.63, 3.8) is 0 Å². The summed E-state index contributed by atoms with van der Waals surface area (Å²) in [4.78, 5) is 20.2. The Bertz CT molecular complexity index is 1350. The number of aromatic hydroxyl groups is 2. The van der Waals surface area contributed by atoms with Crippen LogP contribution in [0.4, 0.5) is 0 Å². The fourth-order valence-corrected chi connectivity index (χ4v) is 7.13. The molecule has 37 heavy (non-hydrogen) atoms. The third kappa shape index (κ3) is 3.03. The van der Waals surface area contributed by atoms with E-state index in [2.05, 4.69) is 0 Å². The first-order valence-electron chi connectivity index (χ1n) is 13.2. The second-order valence-corrected chi connectivity index (χ2v) is 11.8. The Morgan fingerprint density at radius 3 is 2.54 bits per heavy atom. The average Bonchev–Trinajstić information content (AvgIpc) is 3.82. The molecule has 8 nitrogen and oxygen atoms in total. The second-order valence-electron chi connectivity index (χ2n) is 11.8. The highest BCUT2D eigenvalue weighted by molar-refractivity contribution is 6.22. The molecule has 194 valence electrons. The number of phenols is 2. The van der Waals surface area contributed by atoms with Crippen LogP contribution in [0.5, 0.6) is 17.2 Å². The molecule has 5 aliphatic rings. The van der Waals surface area contributed by atoms with Gasteiger partial charge in [0.15, 0.2) is 11.5 Å². The van der Waals surface area contributed by atoms with Gasteiger partial charge in [-0.2, -0.15) is 0 Å². The molecule has 4 N–H and O–H groups in total. The largest absolute Gasteiger partial charge is 0.508 e. The monoisotopic (exact) mass is 504 g/mol. The molecule has 2 aromatic carbocycles.